The molecule has 0 saturated carbocycles. The molecule has 0 bridgehead atoms. The molecule has 6 nitrogen and oxygen atoms in total. The van der Waals surface area contributed by atoms with Crippen LogP contribution in [0.15, 0.2) is 42.5 Å². The van der Waals surface area contributed by atoms with Crippen molar-refractivity contribution in [3.63, 3.8) is 0 Å². The van der Waals surface area contributed by atoms with E-state index in [9.17, 15) is 13.2 Å². The largest absolute Gasteiger partial charge is 0.493 e. The standard InChI is InChI=1S/C20H24N2O4S/c1-15-5-3-6-19(16(15)2)26-13-11-20(23)21-17-7-9-18(10-8-17)22-12-4-14-27(22,24)25/h3,5-10H,4,11-14H2,1-2H3,(H,21,23). The SMILES string of the molecule is Cc1cccc(OCCC(=O)Nc2ccc(N3CCCS3(=O)=O)cc2)c1C. The van der Waals surface area contributed by atoms with E-state index >= 15 is 0 Å². The van der Waals surface area contributed by atoms with Crippen LogP contribution in [-0.2, 0) is 14.8 Å². The van der Waals surface area contributed by atoms with Crippen LogP contribution >= 0.6 is 0 Å². The minimum absolute atomic E-state index is 0.151. The summed E-state index contributed by atoms with van der Waals surface area (Å²) in [5.41, 5.74) is 3.48. The van der Waals surface area contributed by atoms with Crippen LogP contribution in [0.25, 0.3) is 0 Å². The number of benzene rings is 2. The fourth-order valence-electron chi connectivity index (χ4n) is 3.00. The molecule has 1 amide bonds. The summed E-state index contributed by atoms with van der Waals surface area (Å²) in [7, 11) is -3.19. The van der Waals surface area contributed by atoms with E-state index in [4.69, 9.17) is 4.74 Å². The molecular weight excluding hydrogens is 364 g/mol. The normalized spacial score (nSPS) is 15.6. The molecule has 1 saturated heterocycles. The number of hydrogen-bond acceptors (Lipinski definition) is 4. The molecule has 0 spiro atoms. The molecule has 0 radical (unpaired) electrons. The highest BCUT2D eigenvalue weighted by molar-refractivity contribution is 7.93. The van der Waals surface area contributed by atoms with Gasteiger partial charge in [-0.2, -0.15) is 0 Å². The molecule has 0 atom stereocenters. The Bertz CT molecular complexity index is 923. The van der Waals surface area contributed by atoms with Gasteiger partial charge >= 0.3 is 0 Å². The summed E-state index contributed by atoms with van der Waals surface area (Å²) < 4.78 is 31.0. The van der Waals surface area contributed by atoms with Crippen molar-refractivity contribution >= 4 is 27.3 Å². The van der Waals surface area contributed by atoms with Gasteiger partial charge in [0.1, 0.15) is 5.75 Å². The summed E-state index contributed by atoms with van der Waals surface area (Å²) in [6.07, 6.45) is 0.872. The zero-order chi connectivity index (χ0) is 19.4. The highest BCUT2D eigenvalue weighted by Crippen LogP contribution is 2.25. The molecule has 0 aliphatic carbocycles. The molecule has 2 aromatic carbocycles. The summed E-state index contributed by atoms with van der Waals surface area (Å²) in [5.74, 6) is 0.826. The summed E-state index contributed by atoms with van der Waals surface area (Å²) in [4.78, 5) is 12.1. The van der Waals surface area contributed by atoms with Gasteiger partial charge < -0.3 is 10.1 Å². The van der Waals surface area contributed by atoms with Crippen molar-refractivity contribution in [2.45, 2.75) is 26.7 Å². The second-order valence-electron chi connectivity index (χ2n) is 6.63. The minimum atomic E-state index is -3.19. The molecule has 1 aliphatic rings. The van der Waals surface area contributed by atoms with Gasteiger partial charge in [-0.05, 0) is 61.7 Å². The van der Waals surface area contributed by atoms with E-state index < -0.39 is 10.0 Å². The van der Waals surface area contributed by atoms with Gasteiger partial charge in [0.15, 0.2) is 0 Å². The number of anilines is 2. The first-order chi connectivity index (χ1) is 12.9. The lowest BCUT2D eigenvalue weighted by atomic mass is 10.1. The number of ether oxygens (including phenoxy) is 1. The van der Waals surface area contributed by atoms with Crippen molar-refractivity contribution in [3.8, 4) is 5.75 Å². The molecule has 1 aliphatic heterocycles. The number of nitrogens with zero attached hydrogens (tertiary/aromatic N) is 1. The number of nitrogens with one attached hydrogen (secondary N) is 1. The number of sulfonamides is 1. The second-order valence-corrected chi connectivity index (χ2v) is 8.65. The van der Waals surface area contributed by atoms with Crippen LogP contribution < -0.4 is 14.4 Å². The van der Waals surface area contributed by atoms with E-state index in [1.165, 1.54) is 4.31 Å². The Morgan fingerprint density at radius 2 is 1.89 bits per heavy atom. The first kappa shape index (κ1) is 19.2. The lowest BCUT2D eigenvalue weighted by Gasteiger charge is -2.17. The maximum absolute atomic E-state index is 12.1. The van der Waals surface area contributed by atoms with Crippen molar-refractivity contribution < 1.29 is 17.9 Å². The van der Waals surface area contributed by atoms with E-state index in [0.717, 1.165) is 16.9 Å². The Morgan fingerprint density at radius 1 is 1.15 bits per heavy atom. The molecule has 3 rings (SSSR count). The van der Waals surface area contributed by atoms with Crippen LogP contribution in [0.5, 0.6) is 5.75 Å². The summed E-state index contributed by atoms with van der Waals surface area (Å²) in [6, 6.07) is 12.7. The van der Waals surface area contributed by atoms with E-state index in [-0.39, 0.29) is 18.1 Å². The summed E-state index contributed by atoms with van der Waals surface area (Å²) >= 11 is 0. The average molecular weight is 388 g/mol. The van der Waals surface area contributed by atoms with Gasteiger partial charge in [-0.15, -0.1) is 0 Å². The van der Waals surface area contributed by atoms with Gasteiger partial charge in [-0.25, -0.2) is 8.42 Å². The maximum Gasteiger partial charge on any atom is 0.235 e. The number of rotatable bonds is 6. The molecule has 0 aromatic heterocycles. The van der Waals surface area contributed by atoms with Gasteiger partial charge in [-0.1, -0.05) is 12.1 Å². The number of carbonyl (C=O) groups is 1. The second kappa shape index (κ2) is 8.00. The molecule has 1 N–H and O–H groups in total. The summed E-state index contributed by atoms with van der Waals surface area (Å²) in [5, 5.41) is 2.81. The molecule has 1 fully saturated rings. The van der Waals surface area contributed by atoms with Gasteiger partial charge in [0.25, 0.3) is 0 Å². The topological polar surface area (TPSA) is 75.7 Å². The fraction of sp³-hybridized carbons (Fsp3) is 0.350. The smallest absolute Gasteiger partial charge is 0.235 e. The van der Waals surface area contributed by atoms with E-state index in [1.54, 1.807) is 24.3 Å². The van der Waals surface area contributed by atoms with Crippen LogP contribution in [0, 0.1) is 13.8 Å². The van der Waals surface area contributed by atoms with E-state index in [1.807, 2.05) is 32.0 Å². The molecule has 0 unspecified atom stereocenters. The lowest BCUT2D eigenvalue weighted by Crippen LogP contribution is -2.25. The van der Waals surface area contributed by atoms with Gasteiger partial charge in [-0.3, -0.25) is 9.10 Å². The van der Waals surface area contributed by atoms with Crippen molar-refractivity contribution in [1.82, 2.24) is 0 Å². The predicted molar refractivity (Wildman–Crippen MR) is 107 cm³/mol. The Hall–Kier alpha value is -2.54. The Balaban J connectivity index is 1.51. The Kier molecular flexibility index (Phi) is 5.70. The minimum Gasteiger partial charge on any atom is -0.493 e. The van der Waals surface area contributed by atoms with E-state index in [2.05, 4.69) is 5.32 Å². The highest BCUT2D eigenvalue weighted by atomic mass is 32.2. The van der Waals surface area contributed by atoms with Crippen molar-refractivity contribution in [2.75, 3.05) is 28.5 Å². The van der Waals surface area contributed by atoms with Gasteiger partial charge in [0, 0.05) is 12.2 Å². The van der Waals surface area contributed by atoms with Crippen LogP contribution in [0.4, 0.5) is 11.4 Å². The number of hydrogen-bond donors (Lipinski definition) is 1. The Labute approximate surface area is 160 Å². The predicted octanol–water partition coefficient (Wildman–Crippen LogP) is 3.25. The first-order valence-electron chi connectivity index (χ1n) is 8.96. The molecule has 2 aromatic rings. The molecule has 1 heterocycles. The third-order valence-corrected chi connectivity index (χ3v) is 6.55. The third kappa shape index (κ3) is 4.60. The van der Waals surface area contributed by atoms with Crippen LogP contribution in [0.2, 0.25) is 0 Å². The van der Waals surface area contributed by atoms with Crippen molar-refractivity contribution in [2.24, 2.45) is 0 Å². The van der Waals surface area contributed by atoms with Crippen LogP contribution in [-0.4, -0.2) is 33.2 Å². The monoisotopic (exact) mass is 388 g/mol. The molecule has 7 heteroatoms. The quantitative estimate of drug-likeness (QED) is 0.824. The molecular formula is C20H24N2O4S. The van der Waals surface area contributed by atoms with Crippen molar-refractivity contribution in [3.05, 3.63) is 53.6 Å². The number of aryl methyl sites for hydroxylation is 1. The van der Waals surface area contributed by atoms with Crippen LogP contribution in [0.3, 0.4) is 0 Å². The molecule has 27 heavy (non-hydrogen) atoms. The third-order valence-electron chi connectivity index (χ3n) is 4.68. The Morgan fingerprint density at radius 3 is 2.56 bits per heavy atom. The summed E-state index contributed by atoms with van der Waals surface area (Å²) in [6.45, 7) is 4.81. The van der Waals surface area contributed by atoms with Crippen molar-refractivity contribution in [1.29, 1.82) is 0 Å². The lowest BCUT2D eigenvalue weighted by molar-refractivity contribution is -0.116. The van der Waals surface area contributed by atoms with Gasteiger partial charge in [0.05, 0.1) is 24.5 Å². The van der Waals surface area contributed by atoms with Crippen LogP contribution in [0.1, 0.15) is 24.0 Å². The first-order valence-corrected chi connectivity index (χ1v) is 10.6. The number of carbonyl (C=O) groups excluding carboxylic acids is 1. The van der Waals surface area contributed by atoms with E-state index in [0.29, 0.717) is 30.9 Å². The zero-order valence-corrected chi connectivity index (χ0v) is 16.4. The maximum atomic E-state index is 12.1. The highest BCUT2D eigenvalue weighted by Gasteiger charge is 2.28. The molecule has 144 valence electrons. The average Bonchev–Trinajstić information content (AvgIpc) is 2.98. The number of amides is 1. The fourth-order valence-corrected chi connectivity index (χ4v) is 4.56. The zero-order valence-electron chi connectivity index (χ0n) is 15.6. The van der Waals surface area contributed by atoms with Gasteiger partial charge in [0.2, 0.25) is 15.9 Å².